The van der Waals surface area contributed by atoms with Crippen molar-refractivity contribution >= 4 is 29.4 Å². The molecule has 1 fully saturated rings. The van der Waals surface area contributed by atoms with Crippen molar-refractivity contribution in [2.75, 3.05) is 38.2 Å². The number of benzene rings is 2. The molecule has 0 spiro atoms. The Morgan fingerprint density at radius 2 is 1.79 bits per heavy atom. The summed E-state index contributed by atoms with van der Waals surface area (Å²) in [4.78, 5) is 29.3. The van der Waals surface area contributed by atoms with Crippen LogP contribution < -0.4 is 10.1 Å². The van der Waals surface area contributed by atoms with Gasteiger partial charge in [-0.3, -0.25) is 14.6 Å². The highest BCUT2D eigenvalue weighted by atomic mass is 16.5. The monoisotopic (exact) mass is 381 g/mol. The molecule has 7 nitrogen and oxygen atoms in total. The number of hydrogen-bond acceptors (Lipinski definition) is 5. The molecule has 1 aliphatic rings. The lowest BCUT2D eigenvalue weighted by Crippen LogP contribution is -2.42. The number of ether oxygens (including phenoxy) is 2. The van der Waals surface area contributed by atoms with E-state index in [-0.39, 0.29) is 18.4 Å². The number of aliphatic imine (C=N–C) groups is 1. The number of anilines is 1. The quantitative estimate of drug-likeness (QED) is 0.780. The highest BCUT2D eigenvalue weighted by Gasteiger charge is 2.16. The lowest BCUT2D eigenvalue weighted by molar-refractivity contribution is -0.137. The number of hydrogen-bond donors (Lipinski definition) is 1. The SMILES string of the molecule is CC(=O)Nc1ccc(N=Cc2ccc(OCC(=O)N3CCOCC3)cc2)cc1. The molecule has 7 heteroatoms. The summed E-state index contributed by atoms with van der Waals surface area (Å²) in [5.74, 6) is 0.500. The molecule has 1 N–H and O–H groups in total. The maximum absolute atomic E-state index is 12.1. The molecule has 2 aromatic carbocycles. The summed E-state index contributed by atoms with van der Waals surface area (Å²) in [6.45, 7) is 3.88. The minimum absolute atomic E-state index is 0.0219. The molecule has 146 valence electrons. The summed E-state index contributed by atoms with van der Waals surface area (Å²) in [5.41, 5.74) is 2.43. The van der Waals surface area contributed by atoms with Crippen LogP contribution in [0, 0.1) is 0 Å². The molecule has 0 bridgehead atoms. The van der Waals surface area contributed by atoms with Gasteiger partial charge in [0.2, 0.25) is 5.91 Å². The first-order chi connectivity index (χ1) is 13.6. The Morgan fingerprint density at radius 1 is 1.11 bits per heavy atom. The van der Waals surface area contributed by atoms with Gasteiger partial charge < -0.3 is 19.7 Å². The molecule has 1 saturated heterocycles. The predicted molar refractivity (Wildman–Crippen MR) is 107 cm³/mol. The van der Waals surface area contributed by atoms with Gasteiger partial charge in [0.05, 0.1) is 18.9 Å². The lowest BCUT2D eigenvalue weighted by atomic mass is 10.2. The van der Waals surface area contributed by atoms with Crippen molar-refractivity contribution < 1.29 is 19.1 Å². The van der Waals surface area contributed by atoms with Crippen LogP contribution in [0.5, 0.6) is 5.75 Å². The molecule has 1 aliphatic heterocycles. The first-order valence-corrected chi connectivity index (χ1v) is 9.10. The Hall–Kier alpha value is -3.19. The molecular formula is C21H23N3O4. The number of nitrogens with one attached hydrogen (secondary N) is 1. The third-order valence-corrected chi connectivity index (χ3v) is 4.16. The van der Waals surface area contributed by atoms with Crippen LogP contribution in [0.15, 0.2) is 53.5 Å². The van der Waals surface area contributed by atoms with Crippen LogP contribution in [0.25, 0.3) is 0 Å². The molecule has 1 heterocycles. The van der Waals surface area contributed by atoms with Gasteiger partial charge in [-0.2, -0.15) is 0 Å². The van der Waals surface area contributed by atoms with Crippen LogP contribution in [0.3, 0.4) is 0 Å². The average molecular weight is 381 g/mol. The third kappa shape index (κ3) is 5.92. The predicted octanol–water partition coefficient (Wildman–Crippen LogP) is 2.63. The second kappa shape index (κ2) is 9.66. The average Bonchev–Trinajstić information content (AvgIpc) is 2.72. The molecule has 2 aromatic rings. The zero-order valence-corrected chi connectivity index (χ0v) is 15.8. The molecule has 0 aliphatic carbocycles. The van der Waals surface area contributed by atoms with Gasteiger partial charge >= 0.3 is 0 Å². The van der Waals surface area contributed by atoms with Gasteiger partial charge in [0, 0.05) is 31.9 Å². The van der Waals surface area contributed by atoms with Crippen molar-refractivity contribution in [3.63, 3.8) is 0 Å². The number of carbonyl (C=O) groups is 2. The molecule has 0 saturated carbocycles. The molecule has 0 radical (unpaired) electrons. The molecule has 0 aromatic heterocycles. The summed E-state index contributed by atoms with van der Waals surface area (Å²) in [7, 11) is 0. The topological polar surface area (TPSA) is 80.2 Å². The summed E-state index contributed by atoms with van der Waals surface area (Å²) in [5, 5.41) is 2.71. The largest absolute Gasteiger partial charge is 0.484 e. The zero-order chi connectivity index (χ0) is 19.8. The van der Waals surface area contributed by atoms with Gasteiger partial charge in [-0.05, 0) is 54.1 Å². The minimum atomic E-state index is -0.106. The maximum Gasteiger partial charge on any atom is 0.260 e. The number of amides is 2. The van der Waals surface area contributed by atoms with E-state index < -0.39 is 0 Å². The molecule has 3 rings (SSSR count). The Bertz CT molecular complexity index is 826. The number of morpholine rings is 1. The van der Waals surface area contributed by atoms with Crippen molar-refractivity contribution in [1.82, 2.24) is 4.90 Å². The van der Waals surface area contributed by atoms with Crippen LogP contribution in [0.2, 0.25) is 0 Å². The van der Waals surface area contributed by atoms with E-state index in [9.17, 15) is 9.59 Å². The number of rotatable bonds is 6. The lowest BCUT2D eigenvalue weighted by Gasteiger charge is -2.26. The minimum Gasteiger partial charge on any atom is -0.484 e. The van der Waals surface area contributed by atoms with Gasteiger partial charge in [0.1, 0.15) is 5.75 Å². The molecule has 0 unspecified atom stereocenters. The highest BCUT2D eigenvalue weighted by Crippen LogP contribution is 2.17. The van der Waals surface area contributed by atoms with E-state index in [0.29, 0.717) is 32.1 Å². The fraction of sp³-hybridized carbons (Fsp3) is 0.286. The summed E-state index contributed by atoms with van der Waals surface area (Å²) in [6.07, 6.45) is 1.75. The second-order valence-electron chi connectivity index (χ2n) is 6.34. The van der Waals surface area contributed by atoms with Crippen LogP contribution in [0.1, 0.15) is 12.5 Å². The number of carbonyl (C=O) groups excluding carboxylic acids is 2. The van der Waals surface area contributed by atoms with Crippen molar-refractivity contribution in [1.29, 1.82) is 0 Å². The molecular weight excluding hydrogens is 358 g/mol. The highest BCUT2D eigenvalue weighted by molar-refractivity contribution is 5.89. The van der Waals surface area contributed by atoms with Crippen molar-refractivity contribution in [3.8, 4) is 5.75 Å². The van der Waals surface area contributed by atoms with Gasteiger partial charge in [0.15, 0.2) is 6.61 Å². The number of nitrogens with zero attached hydrogens (tertiary/aromatic N) is 2. The van der Waals surface area contributed by atoms with Gasteiger partial charge in [-0.15, -0.1) is 0 Å². The second-order valence-corrected chi connectivity index (χ2v) is 6.34. The Balaban J connectivity index is 1.50. The van der Waals surface area contributed by atoms with Crippen LogP contribution in [-0.4, -0.2) is 55.8 Å². The molecule has 2 amide bonds. The summed E-state index contributed by atoms with van der Waals surface area (Å²) < 4.78 is 10.8. The smallest absolute Gasteiger partial charge is 0.260 e. The van der Waals surface area contributed by atoms with Crippen LogP contribution >= 0.6 is 0 Å². The Kier molecular flexibility index (Phi) is 6.75. The fourth-order valence-electron chi connectivity index (χ4n) is 2.68. The van der Waals surface area contributed by atoms with E-state index in [1.54, 1.807) is 23.2 Å². The third-order valence-electron chi connectivity index (χ3n) is 4.16. The van der Waals surface area contributed by atoms with E-state index in [4.69, 9.17) is 9.47 Å². The van der Waals surface area contributed by atoms with Gasteiger partial charge in [-0.1, -0.05) is 0 Å². The van der Waals surface area contributed by atoms with E-state index in [2.05, 4.69) is 10.3 Å². The fourth-order valence-corrected chi connectivity index (χ4v) is 2.68. The van der Waals surface area contributed by atoms with E-state index in [1.807, 2.05) is 36.4 Å². The standard InChI is InChI=1S/C21H23N3O4/c1-16(25)23-19-6-4-18(5-7-19)22-14-17-2-8-20(9-3-17)28-15-21(26)24-10-12-27-13-11-24/h2-9,14H,10-13,15H2,1H3,(H,23,25). The Labute approximate surface area is 164 Å². The normalized spacial score (nSPS) is 14.1. The zero-order valence-electron chi connectivity index (χ0n) is 15.8. The van der Waals surface area contributed by atoms with Crippen molar-refractivity contribution in [2.24, 2.45) is 4.99 Å². The Morgan fingerprint density at radius 3 is 2.43 bits per heavy atom. The molecule has 0 atom stereocenters. The van der Waals surface area contributed by atoms with Gasteiger partial charge in [-0.25, -0.2) is 0 Å². The van der Waals surface area contributed by atoms with Crippen LogP contribution in [-0.2, 0) is 14.3 Å². The van der Waals surface area contributed by atoms with Crippen molar-refractivity contribution in [3.05, 3.63) is 54.1 Å². The summed E-state index contributed by atoms with van der Waals surface area (Å²) in [6, 6.07) is 14.6. The van der Waals surface area contributed by atoms with E-state index in [1.165, 1.54) is 6.92 Å². The van der Waals surface area contributed by atoms with E-state index in [0.717, 1.165) is 16.9 Å². The first-order valence-electron chi connectivity index (χ1n) is 9.10. The van der Waals surface area contributed by atoms with Crippen LogP contribution in [0.4, 0.5) is 11.4 Å². The van der Waals surface area contributed by atoms with E-state index >= 15 is 0 Å². The first kappa shape index (κ1) is 19.6. The maximum atomic E-state index is 12.1. The van der Waals surface area contributed by atoms with Gasteiger partial charge in [0.25, 0.3) is 5.91 Å². The molecule has 28 heavy (non-hydrogen) atoms. The summed E-state index contributed by atoms with van der Waals surface area (Å²) >= 11 is 0. The van der Waals surface area contributed by atoms with Crippen molar-refractivity contribution in [2.45, 2.75) is 6.92 Å².